The average Bonchev–Trinajstić information content (AvgIpc) is 3.48. The van der Waals surface area contributed by atoms with Gasteiger partial charge in [-0.15, -0.1) is 11.3 Å². The number of benzene rings is 2. The van der Waals surface area contributed by atoms with Crippen LogP contribution in [0.1, 0.15) is 36.5 Å². The standard InChI is InChI=1S/C26H22F3N3O2S/c1-2-17-9-11-19(12-10-17)32-24(34)22(15-18-7-3-4-8-21(18)26(27,28)29)35-25(32)20(16-30)23(33)31-13-5-6-14-31/h3-4,7-12,15H,2,5-6,13-14H2,1H3/b22-15+,25-20-. The fraction of sp³-hybridized carbons (Fsp3) is 0.269. The predicted octanol–water partition coefficient (Wildman–Crippen LogP) is 3.61. The summed E-state index contributed by atoms with van der Waals surface area (Å²) in [5, 5.41) is 9.90. The number of nitriles is 1. The molecule has 3 aromatic rings. The molecule has 0 radical (unpaired) electrons. The highest BCUT2D eigenvalue weighted by atomic mass is 32.1. The van der Waals surface area contributed by atoms with Crippen molar-refractivity contribution in [2.24, 2.45) is 0 Å². The molecule has 5 nitrogen and oxygen atoms in total. The molecular weight excluding hydrogens is 475 g/mol. The van der Waals surface area contributed by atoms with E-state index in [0.29, 0.717) is 18.8 Å². The summed E-state index contributed by atoms with van der Waals surface area (Å²) in [6.07, 6.45) is -0.994. The number of hydrogen-bond donors (Lipinski definition) is 0. The van der Waals surface area contributed by atoms with E-state index in [1.165, 1.54) is 28.8 Å². The Bertz CT molecular complexity index is 1470. The Labute approximate surface area is 203 Å². The first-order chi connectivity index (χ1) is 16.7. The maximum absolute atomic E-state index is 13.5. The first kappa shape index (κ1) is 24.5. The number of amides is 1. The number of aryl methyl sites for hydroxylation is 1. The Balaban J connectivity index is 2.03. The fourth-order valence-electron chi connectivity index (χ4n) is 4.05. The minimum Gasteiger partial charge on any atom is -0.338 e. The van der Waals surface area contributed by atoms with E-state index in [1.54, 1.807) is 17.0 Å². The van der Waals surface area contributed by atoms with E-state index in [2.05, 4.69) is 0 Å². The van der Waals surface area contributed by atoms with E-state index in [1.807, 2.05) is 25.1 Å². The molecule has 2 heterocycles. The lowest BCUT2D eigenvalue weighted by molar-refractivity contribution is -0.137. The van der Waals surface area contributed by atoms with Crippen LogP contribution in [0, 0.1) is 11.3 Å². The zero-order valence-electron chi connectivity index (χ0n) is 18.9. The molecule has 4 rings (SSSR count). The molecule has 0 bridgehead atoms. The number of hydrogen-bond acceptors (Lipinski definition) is 4. The van der Waals surface area contributed by atoms with E-state index in [9.17, 15) is 28.0 Å². The molecule has 0 spiro atoms. The Morgan fingerprint density at radius 2 is 1.77 bits per heavy atom. The summed E-state index contributed by atoms with van der Waals surface area (Å²) in [7, 11) is 0. The molecule has 1 aliphatic heterocycles. The van der Waals surface area contributed by atoms with Gasteiger partial charge < -0.3 is 4.90 Å². The Kier molecular flexibility index (Phi) is 6.94. The molecule has 0 saturated carbocycles. The van der Waals surface area contributed by atoms with Crippen LogP contribution >= 0.6 is 11.3 Å². The SMILES string of the molecule is CCc1ccc(-n2c(=O)/c(=C\c3ccccc3C(F)(F)F)s/c2=C(/C#N)C(=O)N2CCCC2)cc1. The van der Waals surface area contributed by atoms with Crippen LogP contribution in [0.25, 0.3) is 17.3 Å². The van der Waals surface area contributed by atoms with E-state index in [-0.39, 0.29) is 20.3 Å². The highest BCUT2D eigenvalue weighted by Crippen LogP contribution is 2.32. The van der Waals surface area contributed by atoms with Gasteiger partial charge in [0.1, 0.15) is 10.7 Å². The third kappa shape index (κ3) is 4.93. The molecule has 1 fully saturated rings. The van der Waals surface area contributed by atoms with E-state index >= 15 is 0 Å². The number of likely N-dealkylation sites (tertiary alicyclic amines) is 1. The van der Waals surface area contributed by atoms with Crippen molar-refractivity contribution >= 4 is 28.9 Å². The van der Waals surface area contributed by atoms with Gasteiger partial charge in [-0.25, -0.2) is 0 Å². The molecule has 0 N–H and O–H groups in total. The van der Waals surface area contributed by atoms with Gasteiger partial charge in [-0.3, -0.25) is 14.2 Å². The van der Waals surface area contributed by atoms with Crippen molar-refractivity contribution in [3.63, 3.8) is 0 Å². The molecule has 1 aliphatic rings. The first-order valence-corrected chi connectivity index (χ1v) is 12.0. The second-order valence-electron chi connectivity index (χ2n) is 8.15. The van der Waals surface area contributed by atoms with E-state index < -0.39 is 23.2 Å². The van der Waals surface area contributed by atoms with Gasteiger partial charge in [0.25, 0.3) is 11.5 Å². The third-order valence-corrected chi connectivity index (χ3v) is 7.00. The van der Waals surface area contributed by atoms with Crippen LogP contribution in [0.3, 0.4) is 0 Å². The first-order valence-electron chi connectivity index (χ1n) is 11.2. The number of carbonyl (C=O) groups excluding carboxylic acids is 1. The maximum atomic E-state index is 13.5. The van der Waals surface area contributed by atoms with E-state index in [0.717, 1.165) is 42.2 Å². The molecule has 0 atom stereocenters. The van der Waals surface area contributed by atoms with Gasteiger partial charge in [0.15, 0.2) is 5.57 Å². The van der Waals surface area contributed by atoms with E-state index in [4.69, 9.17) is 0 Å². The van der Waals surface area contributed by atoms with Crippen molar-refractivity contribution < 1.29 is 18.0 Å². The second kappa shape index (κ2) is 9.92. The molecule has 2 aromatic carbocycles. The highest BCUT2D eigenvalue weighted by Gasteiger charge is 2.32. The lowest BCUT2D eigenvalue weighted by Crippen LogP contribution is -2.35. The van der Waals surface area contributed by atoms with Crippen LogP contribution in [-0.4, -0.2) is 28.5 Å². The van der Waals surface area contributed by atoms with Gasteiger partial charge >= 0.3 is 6.18 Å². The Hall–Kier alpha value is -3.64. The van der Waals surface area contributed by atoms with Gasteiger partial charge in [0, 0.05) is 13.1 Å². The number of halogens is 3. The number of aromatic nitrogens is 1. The normalized spacial score (nSPS) is 15.3. The molecule has 0 unspecified atom stereocenters. The van der Waals surface area contributed by atoms with Crippen LogP contribution < -0.4 is 14.8 Å². The fourth-order valence-corrected chi connectivity index (χ4v) is 5.14. The van der Waals surface area contributed by atoms with Crippen LogP contribution in [0.2, 0.25) is 0 Å². The highest BCUT2D eigenvalue weighted by molar-refractivity contribution is 7.07. The molecule has 1 amide bonds. The predicted molar refractivity (Wildman–Crippen MR) is 128 cm³/mol. The lowest BCUT2D eigenvalue weighted by atomic mass is 10.1. The molecule has 1 aromatic heterocycles. The van der Waals surface area contributed by atoms with Gasteiger partial charge in [-0.1, -0.05) is 37.3 Å². The molecular formula is C26H22F3N3O2S. The summed E-state index contributed by atoms with van der Waals surface area (Å²) in [6.45, 7) is 3.02. The van der Waals surface area contributed by atoms with Gasteiger partial charge in [-0.05, 0) is 54.7 Å². The van der Waals surface area contributed by atoms with Gasteiger partial charge in [0.05, 0.1) is 15.8 Å². The number of carbonyl (C=O) groups is 1. The molecule has 0 aliphatic carbocycles. The average molecular weight is 498 g/mol. The zero-order chi connectivity index (χ0) is 25.2. The van der Waals surface area contributed by atoms with Crippen molar-refractivity contribution in [3.05, 3.63) is 84.8 Å². The lowest BCUT2D eigenvalue weighted by Gasteiger charge is -2.14. The molecule has 35 heavy (non-hydrogen) atoms. The van der Waals surface area contributed by atoms with Crippen molar-refractivity contribution in [1.82, 2.24) is 9.47 Å². The van der Waals surface area contributed by atoms with Crippen LogP contribution in [0.15, 0.2) is 53.3 Å². The number of thiazole rings is 1. The summed E-state index contributed by atoms with van der Waals surface area (Å²) >= 11 is 0.845. The summed E-state index contributed by atoms with van der Waals surface area (Å²) in [4.78, 5) is 28.2. The van der Waals surface area contributed by atoms with Gasteiger partial charge in [0.2, 0.25) is 0 Å². The molecule has 180 valence electrons. The minimum atomic E-state index is -4.60. The summed E-state index contributed by atoms with van der Waals surface area (Å²) in [6, 6.07) is 14.0. The van der Waals surface area contributed by atoms with Crippen molar-refractivity contribution in [2.45, 2.75) is 32.4 Å². The van der Waals surface area contributed by atoms with Gasteiger partial charge in [-0.2, -0.15) is 18.4 Å². The second-order valence-corrected chi connectivity index (χ2v) is 9.18. The largest absolute Gasteiger partial charge is 0.416 e. The Morgan fingerprint density at radius 3 is 2.37 bits per heavy atom. The summed E-state index contributed by atoms with van der Waals surface area (Å²) in [5.74, 6) is -0.479. The third-order valence-electron chi connectivity index (χ3n) is 5.91. The van der Waals surface area contributed by atoms with Crippen LogP contribution in [0.5, 0.6) is 0 Å². The number of alkyl halides is 3. The topological polar surface area (TPSA) is 66.1 Å². The summed E-state index contributed by atoms with van der Waals surface area (Å²) in [5.41, 5.74) is -0.356. The smallest absolute Gasteiger partial charge is 0.338 e. The molecule has 9 heteroatoms. The Morgan fingerprint density at radius 1 is 1.11 bits per heavy atom. The van der Waals surface area contributed by atoms with Crippen LogP contribution in [-0.2, 0) is 17.4 Å². The van der Waals surface area contributed by atoms with Crippen molar-refractivity contribution in [2.75, 3.05) is 13.1 Å². The quantitative estimate of drug-likeness (QED) is 0.553. The van der Waals surface area contributed by atoms with Crippen molar-refractivity contribution in [1.29, 1.82) is 5.26 Å². The number of nitrogens with zero attached hydrogens (tertiary/aromatic N) is 3. The van der Waals surface area contributed by atoms with Crippen molar-refractivity contribution in [3.8, 4) is 11.8 Å². The summed E-state index contributed by atoms with van der Waals surface area (Å²) < 4.78 is 42.0. The maximum Gasteiger partial charge on any atom is 0.416 e. The van der Waals surface area contributed by atoms with Crippen LogP contribution in [0.4, 0.5) is 13.2 Å². The monoisotopic (exact) mass is 497 g/mol. The number of rotatable bonds is 4. The zero-order valence-corrected chi connectivity index (χ0v) is 19.7. The molecule has 1 saturated heterocycles. The minimum absolute atomic E-state index is 0.00163.